The molecule has 0 bridgehead atoms. The van der Waals surface area contributed by atoms with Gasteiger partial charge in [0.2, 0.25) is 11.8 Å². The van der Waals surface area contributed by atoms with Crippen molar-refractivity contribution in [3.05, 3.63) is 35.4 Å². The highest BCUT2D eigenvalue weighted by Crippen LogP contribution is 2.41. The topological polar surface area (TPSA) is 87.7 Å². The predicted molar refractivity (Wildman–Crippen MR) is 148 cm³/mol. The Kier molecular flexibility index (Phi) is 11.5. The lowest BCUT2D eigenvalue weighted by Crippen LogP contribution is -2.56. The molecular weight excluding hydrogens is 466 g/mol. The monoisotopic (exact) mass is 515 g/mol. The van der Waals surface area contributed by atoms with Crippen molar-refractivity contribution in [2.24, 2.45) is 11.8 Å². The fraction of sp³-hybridized carbons (Fsp3) is 0.700. The van der Waals surface area contributed by atoms with E-state index in [0.717, 1.165) is 37.7 Å². The normalized spacial score (nSPS) is 19.4. The van der Waals surface area contributed by atoms with Crippen molar-refractivity contribution in [3.8, 4) is 0 Å². The second kappa shape index (κ2) is 13.8. The lowest BCUT2D eigenvalue weighted by atomic mass is 9.95. The quantitative estimate of drug-likeness (QED) is 0.326. The fourth-order valence-electron chi connectivity index (χ4n) is 4.51. The highest BCUT2D eigenvalue weighted by molar-refractivity contribution is 5.92. The number of nitrogens with one attached hydrogen (secondary N) is 2. The summed E-state index contributed by atoms with van der Waals surface area (Å²) in [6.07, 6.45) is 4.79. The van der Waals surface area contributed by atoms with Gasteiger partial charge in [0.15, 0.2) is 0 Å². The molecule has 3 amide bonds. The van der Waals surface area contributed by atoms with E-state index in [1.165, 1.54) is 5.56 Å². The first-order valence-corrected chi connectivity index (χ1v) is 14.1. The molecule has 1 aromatic carbocycles. The molecule has 7 nitrogen and oxygen atoms in total. The molecule has 7 heteroatoms. The van der Waals surface area contributed by atoms with Crippen molar-refractivity contribution in [1.82, 2.24) is 15.5 Å². The molecule has 0 heterocycles. The molecule has 2 N–H and O–H groups in total. The van der Waals surface area contributed by atoms with Gasteiger partial charge in [-0.2, -0.15) is 0 Å². The van der Waals surface area contributed by atoms with Crippen LogP contribution < -0.4 is 10.6 Å². The van der Waals surface area contributed by atoms with Gasteiger partial charge in [-0.05, 0) is 63.0 Å². The largest absolute Gasteiger partial charge is 0.444 e. The summed E-state index contributed by atoms with van der Waals surface area (Å²) in [7, 11) is 0. The summed E-state index contributed by atoms with van der Waals surface area (Å²) < 4.78 is 5.48. The van der Waals surface area contributed by atoms with Crippen molar-refractivity contribution in [2.45, 2.75) is 118 Å². The molecule has 2 rings (SSSR count). The number of aryl methyl sites for hydroxylation is 1. The molecule has 1 saturated carbocycles. The summed E-state index contributed by atoms with van der Waals surface area (Å²) >= 11 is 0. The van der Waals surface area contributed by atoms with E-state index < -0.39 is 23.8 Å². The summed E-state index contributed by atoms with van der Waals surface area (Å²) in [5.41, 5.74) is 1.28. The average Bonchev–Trinajstić information content (AvgIpc) is 3.57. The molecule has 0 aliphatic heterocycles. The van der Waals surface area contributed by atoms with Crippen LogP contribution in [0, 0.1) is 11.8 Å². The number of carbonyl (C=O) groups excluding carboxylic acids is 3. The first-order chi connectivity index (χ1) is 17.4. The van der Waals surface area contributed by atoms with Gasteiger partial charge in [0.1, 0.15) is 17.7 Å². The minimum Gasteiger partial charge on any atom is -0.444 e. The van der Waals surface area contributed by atoms with Gasteiger partial charge in [-0.15, -0.1) is 0 Å². The van der Waals surface area contributed by atoms with Crippen molar-refractivity contribution in [1.29, 1.82) is 0 Å². The van der Waals surface area contributed by atoms with Crippen LogP contribution in [-0.2, 0) is 20.7 Å². The van der Waals surface area contributed by atoms with Gasteiger partial charge in [0.05, 0.1) is 0 Å². The lowest BCUT2D eigenvalue weighted by molar-refractivity contribution is -0.144. The maximum absolute atomic E-state index is 14.3. The Labute approximate surface area is 224 Å². The van der Waals surface area contributed by atoms with Crippen LogP contribution in [0.15, 0.2) is 24.3 Å². The smallest absolute Gasteiger partial charge is 0.408 e. The SMILES string of the molecule is CCCCCNC(=O)C(c1ccc(CC)cc1)N(C(=O)C(NC(=O)OC(C)(C)C)C(C)CC)C1CC1C. The number of ether oxygens (including phenoxy) is 1. The number of carbonyl (C=O) groups is 3. The number of rotatable bonds is 13. The number of amides is 3. The molecule has 0 saturated heterocycles. The Morgan fingerprint density at radius 1 is 1.08 bits per heavy atom. The molecular formula is C30H49N3O4. The van der Waals surface area contributed by atoms with Crippen LogP contribution in [0.1, 0.15) is 105 Å². The summed E-state index contributed by atoms with van der Waals surface area (Å²) in [6, 6.07) is 6.36. The minimum absolute atomic E-state index is 0.0586. The maximum Gasteiger partial charge on any atom is 0.408 e. The van der Waals surface area contributed by atoms with Crippen molar-refractivity contribution >= 4 is 17.9 Å². The van der Waals surface area contributed by atoms with E-state index >= 15 is 0 Å². The van der Waals surface area contributed by atoms with Crippen molar-refractivity contribution < 1.29 is 19.1 Å². The van der Waals surface area contributed by atoms with Gasteiger partial charge in [-0.3, -0.25) is 9.59 Å². The Hall–Kier alpha value is -2.57. The second-order valence-electron chi connectivity index (χ2n) is 11.5. The molecule has 0 aromatic heterocycles. The zero-order chi connectivity index (χ0) is 27.8. The molecule has 37 heavy (non-hydrogen) atoms. The molecule has 1 aliphatic rings. The fourth-order valence-corrected chi connectivity index (χ4v) is 4.51. The number of hydrogen-bond acceptors (Lipinski definition) is 4. The number of unbranched alkanes of at least 4 members (excludes halogenated alkanes) is 2. The van der Waals surface area contributed by atoms with Gasteiger partial charge in [-0.1, -0.05) is 78.1 Å². The summed E-state index contributed by atoms with van der Waals surface area (Å²) in [4.78, 5) is 42.4. The van der Waals surface area contributed by atoms with E-state index in [1.807, 2.05) is 38.1 Å². The van der Waals surface area contributed by atoms with Crippen LogP contribution in [0.4, 0.5) is 4.79 Å². The molecule has 1 aliphatic carbocycles. The zero-order valence-electron chi connectivity index (χ0n) is 24.2. The molecule has 1 aromatic rings. The molecule has 5 unspecified atom stereocenters. The van der Waals surface area contributed by atoms with Crippen molar-refractivity contribution in [2.75, 3.05) is 6.54 Å². The Morgan fingerprint density at radius 2 is 1.70 bits per heavy atom. The number of nitrogens with zero attached hydrogens (tertiary/aromatic N) is 1. The lowest BCUT2D eigenvalue weighted by Gasteiger charge is -2.36. The third-order valence-corrected chi connectivity index (χ3v) is 7.14. The van der Waals surface area contributed by atoms with Crippen molar-refractivity contribution in [3.63, 3.8) is 0 Å². The summed E-state index contributed by atoms with van der Waals surface area (Å²) in [6.45, 7) is 16.2. The third-order valence-electron chi connectivity index (χ3n) is 7.14. The molecule has 5 atom stereocenters. The number of alkyl carbamates (subject to hydrolysis) is 1. The second-order valence-corrected chi connectivity index (χ2v) is 11.5. The van der Waals surface area contributed by atoms with Gasteiger partial charge in [0, 0.05) is 12.6 Å². The summed E-state index contributed by atoms with van der Waals surface area (Å²) in [5.74, 6) is -0.253. The van der Waals surface area contributed by atoms with E-state index in [9.17, 15) is 14.4 Å². The van der Waals surface area contributed by atoms with Gasteiger partial charge in [0.25, 0.3) is 0 Å². The number of benzene rings is 1. The van der Waals surface area contributed by atoms with Crippen LogP contribution in [-0.4, -0.2) is 47.0 Å². The molecule has 1 fully saturated rings. The third kappa shape index (κ3) is 9.04. The Morgan fingerprint density at radius 3 is 2.19 bits per heavy atom. The van der Waals surface area contributed by atoms with E-state index in [-0.39, 0.29) is 29.7 Å². The van der Waals surface area contributed by atoms with Crippen LogP contribution in [0.5, 0.6) is 0 Å². The van der Waals surface area contributed by atoms with Crippen LogP contribution >= 0.6 is 0 Å². The zero-order valence-corrected chi connectivity index (χ0v) is 24.2. The van der Waals surface area contributed by atoms with Gasteiger partial charge >= 0.3 is 6.09 Å². The number of hydrogen-bond donors (Lipinski definition) is 2. The van der Waals surface area contributed by atoms with Gasteiger partial charge < -0.3 is 20.3 Å². The van der Waals surface area contributed by atoms with E-state index in [1.54, 1.807) is 25.7 Å². The Bertz CT molecular complexity index is 893. The molecule has 0 radical (unpaired) electrons. The highest BCUT2D eigenvalue weighted by atomic mass is 16.6. The first kappa shape index (κ1) is 30.7. The average molecular weight is 516 g/mol. The van der Waals surface area contributed by atoms with Crippen LogP contribution in [0.25, 0.3) is 0 Å². The Balaban J connectivity index is 2.45. The van der Waals surface area contributed by atoms with E-state index in [0.29, 0.717) is 13.0 Å². The van der Waals surface area contributed by atoms with Gasteiger partial charge in [-0.25, -0.2) is 4.79 Å². The first-order valence-electron chi connectivity index (χ1n) is 14.1. The van der Waals surface area contributed by atoms with Crippen LogP contribution in [0.3, 0.4) is 0 Å². The highest BCUT2D eigenvalue weighted by Gasteiger charge is 2.48. The van der Waals surface area contributed by atoms with E-state index in [4.69, 9.17) is 4.74 Å². The maximum atomic E-state index is 14.3. The predicted octanol–water partition coefficient (Wildman–Crippen LogP) is 5.77. The van der Waals surface area contributed by atoms with E-state index in [2.05, 4.69) is 31.4 Å². The summed E-state index contributed by atoms with van der Waals surface area (Å²) in [5, 5.41) is 5.93. The standard InChI is InChI=1S/C30H49N3O4/c1-9-12-13-18-31-27(34)26(23-16-14-22(11-3)15-17-23)33(24-19-21(24)5)28(35)25(20(4)10-2)32-29(36)37-30(6,7)8/h14-17,20-21,24-26H,9-13,18-19H2,1-8H3,(H,31,34)(H,32,36). The minimum atomic E-state index is -0.794. The molecule has 0 spiro atoms. The van der Waals surface area contributed by atoms with Crippen LogP contribution in [0.2, 0.25) is 0 Å². The molecule has 208 valence electrons.